The van der Waals surface area contributed by atoms with Gasteiger partial charge in [0.05, 0.1) is 12.6 Å². The van der Waals surface area contributed by atoms with Gasteiger partial charge in [-0.25, -0.2) is 0 Å². The van der Waals surface area contributed by atoms with E-state index in [-0.39, 0.29) is 24.5 Å². The second-order valence-electron chi connectivity index (χ2n) is 5.75. The predicted molar refractivity (Wildman–Crippen MR) is 85.2 cm³/mol. The normalized spacial score (nSPS) is 12.4. The Morgan fingerprint density at radius 1 is 1.27 bits per heavy atom. The largest absolute Gasteiger partial charge is 0.394 e. The maximum atomic E-state index is 12.9. The van der Waals surface area contributed by atoms with Crippen molar-refractivity contribution in [1.29, 1.82) is 0 Å². The predicted octanol–water partition coefficient (Wildman–Crippen LogP) is 2.08. The summed E-state index contributed by atoms with van der Waals surface area (Å²) >= 11 is 0. The van der Waals surface area contributed by atoms with Crippen molar-refractivity contribution in [3.63, 3.8) is 0 Å². The second-order valence-corrected chi connectivity index (χ2v) is 5.75. The summed E-state index contributed by atoms with van der Waals surface area (Å²) in [4.78, 5) is 14.6. The van der Waals surface area contributed by atoms with Gasteiger partial charge in [0.2, 0.25) is 0 Å². The van der Waals surface area contributed by atoms with E-state index < -0.39 is 0 Å². The van der Waals surface area contributed by atoms with Crippen LogP contribution in [-0.2, 0) is 13.6 Å². The van der Waals surface area contributed by atoms with Gasteiger partial charge in [-0.1, -0.05) is 44.2 Å². The average molecular weight is 301 g/mol. The van der Waals surface area contributed by atoms with Crippen molar-refractivity contribution in [2.75, 3.05) is 6.61 Å². The summed E-state index contributed by atoms with van der Waals surface area (Å²) in [6, 6.07) is 11.3. The summed E-state index contributed by atoms with van der Waals surface area (Å²) < 4.78 is 1.56. The molecule has 0 saturated heterocycles. The van der Waals surface area contributed by atoms with E-state index in [1.165, 1.54) is 0 Å². The lowest BCUT2D eigenvalue weighted by Gasteiger charge is -2.33. The van der Waals surface area contributed by atoms with Crippen LogP contribution in [0.15, 0.2) is 42.6 Å². The summed E-state index contributed by atoms with van der Waals surface area (Å²) in [5.74, 6) is 0.0440. The van der Waals surface area contributed by atoms with E-state index >= 15 is 0 Å². The Hall–Kier alpha value is -2.14. The molecule has 1 heterocycles. The highest BCUT2D eigenvalue weighted by Gasteiger charge is 2.28. The van der Waals surface area contributed by atoms with Gasteiger partial charge in [0, 0.05) is 19.8 Å². The number of aliphatic hydroxyl groups is 1. The maximum Gasteiger partial charge on any atom is 0.272 e. The number of aromatic nitrogens is 2. The molecule has 1 aromatic heterocycles. The summed E-state index contributed by atoms with van der Waals surface area (Å²) in [7, 11) is 1.75. The third-order valence-electron chi connectivity index (χ3n) is 3.85. The lowest BCUT2D eigenvalue weighted by atomic mass is 10.0. The number of amides is 1. The van der Waals surface area contributed by atoms with Crippen LogP contribution in [0.2, 0.25) is 0 Å². The van der Waals surface area contributed by atoms with Crippen molar-refractivity contribution < 1.29 is 9.90 Å². The molecule has 0 fully saturated rings. The molecule has 0 aliphatic heterocycles. The van der Waals surface area contributed by atoms with Crippen LogP contribution in [0, 0.1) is 5.92 Å². The topological polar surface area (TPSA) is 58.4 Å². The number of hydrogen-bond acceptors (Lipinski definition) is 3. The maximum absolute atomic E-state index is 12.9. The SMILES string of the molecule is CC(C)[C@@H](CO)N(Cc1ccccc1)C(=O)c1ccnn1C. The van der Waals surface area contributed by atoms with Gasteiger partial charge >= 0.3 is 0 Å². The van der Waals surface area contributed by atoms with Crippen LogP contribution < -0.4 is 0 Å². The lowest BCUT2D eigenvalue weighted by Crippen LogP contribution is -2.45. The average Bonchev–Trinajstić information content (AvgIpc) is 2.93. The highest BCUT2D eigenvalue weighted by molar-refractivity contribution is 5.92. The molecule has 0 unspecified atom stereocenters. The Labute approximate surface area is 131 Å². The first-order valence-electron chi connectivity index (χ1n) is 7.48. The van der Waals surface area contributed by atoms with Crippen molar-refractivity contribution in [3.05, 3.63) is 53.9 Å². The Balaban J connectivity index is 2.32. The monoisotopic (exact) mass is 301 g/mol. The van der Waals surface area contributed by atoms with E-state index in [2.05, 4.69) is 5.10 Å². The van der Waals surface area contributed by atoms with Crippen LogP contribution in [0.3, 0.4) is 0 Å². The highest BCUT2D eigenvalue weighted by atomic mass is 16.3. The van der Waals surface area contributed by atoms with Crippen molar-refractivity contribution in [2.45, 2.75) is 26.4 Å². The second kappa shape index (κ2) is 7.22. The fourth-order valence-corrected chi connectivity index (χ4v) is 2.52. The first kappa shape index (κ1) is 16.2. The van der Waals surface area contributed by atoms with Gasteiger partial charge in [-0.3, -0.25) is 9.48 Å². The van der Waals surface area contributed by atoms with Gasteiger partial charge in [0.25, 0.3) is 5.91 Å². The summed E-state index contributed by atoms with van der Waals surface area (Å²) in [6.07, 6.45) is 1.61. The molecule has 2 rings (SSSR count). The molecule has 0 radical (unpaired) electrons. The number of rotatable bonds is 6. The van der Waals surface area contributed by atoms with Crippen LogP contribution in [0.5, 0.6) is 0 Å². The van der Waals surface area contributed by atoms with E-state index in [4.69, 9.17) is 0 Å². The zero-order chi connectivity index (χ0) is 16.1. The van der Waals surface area contributed by atoms with E-state index in [0.717, 1.165) is 5.56 Å². The van der Waals surface area contributed by atoms with E-state index in [1.54, 1.807) is 28.9 Å². The van der Waals surface area contributed by atoms with Crippen molar-refractivity contribution in [2.24, 2.45) is 13.0 Å². The summed E-state index contributed by atoms with van der Waals surface area (Å²) in [6.45, 7) is 4.42. The third kappa shape index (κ3) is 3.54. The van der Waals surface area contributed by atoms with E-state index in [0.29, 0.717) is 12.2 Å². The molecule has 1 atom stereocenters. The minimum absolute atomic E-state index is 0.0614. The van der Waals surface area contributed by atoms with Gasteiger partial charge in [-0.15, -0.1) is 0 Å². The van der Waals surface area contributed by atoms with Crippen LogP contribution in [-0.4, -0.2) is 38.3 Å². The minimum Gasteiger partial charge on any atom is -0.394 e. The van der Waals surface area contributed by atoms with Gasteiger partial charge in [0.15, 0.2) is 0 Å². The molecule has 2 aromatic rings. The van der Waals surface area contributed by atoms with E-state index in [9.17, 15) is 9.90 Å². The molecule has 5 nitrogen and oxygen atoms in total. The zero-order valence-corrected chi connectivity index (χ0v) is 13.3. The number of benzene rings is 1. The fraction of sp³-hybridized carbons (Fsp3) is 0.412. The van der Waals surface area contributed by atoms with Crippen molar-refractivity contribution in [1.82, 2.24) is 14.7 Å². The minimum atomic E-state index is -0.234. The van der Waals surface area contributed by atoms with Gasteiger partial charge in [-0.2, -0.15) is 5.10 Å². The van der Waals surface area contributed by atoms with Crippen LogP contribution in [0.1, 0.15) is 29.9 Å². The number of nitrogens with zero attached hydrogens (tertiary/aromatic N) is 3. The Morgan fingerprint density at radius 2 is 1.95 bits per heavy atom. The highest BCUT2D eigenvalue weighted by Crippen LogP contribution is 2.18. The Kier molecular flexibility index (Phi) is 5.33. The van der Waals surface area contributed by atoms with Gasteiger partial charge in [-0.05, 0) is 17.5 Å². The molecular formula is C17H23N3O2. The van der Waals surface area contributed by atoms with Gasteiger partial charge < -0.3 is 10.0 Å². The first-order chi connectivity index (χ1) is 10.5. The number of aryl methyl sites for hydroxylation is 1. The number of carbonyl (C=O) groups is 1. The fourth-order valence-electron chi connectivity index (χ4n) is 2.52. The molecule has 1 N–H and O–H groups in total. The third-order valence-corrected chi connectivity index (χ3v) is 3.85. The lowest BCUT2D eigenvalue weighted by molar-refractivity contribution is 0.0471. The molecule has 22 heavy (non-hydrogen) atoms. The molecule has 0 aliphatic carbocycles. The smallest absolute Gasteiger partial charge is 0.272 e. The number of aliphatic hydroxyl groups excluding tert-OH is 1. The molecule has 1 aromatic carbocycles. The summed E-state index contributed by atoms with van der Waals surface area (Å²) in [5, 5.41) is 13.8. The number of carbonyl (C=O) groups excluding carboxylic acids is 1. The Morgan fingerprint density at radius 3 is 2.45 bits per heavy atom. The van der Waals surface area contributed by atoms with Crippen molar-refractivity contribution >= 4 is 5.91 Å². The molecule has 0 saturated carbocycles. The molecule has 0 bridgehead atoms. The molecule has 0 spiro atoms. The molecular weight excluding hydrogens is 278 g/mol. The molecule has 0 aliphatic rings. The quantitative estimate of drug-likeness (QED) is 0.888. The van der Waals surface area contributed by atoms with Crippen LogP contribution in [0.25, 0.3) is 0 Å². The molecule has 118 valence electrons. The summed E-state index contributed by atoms with van der Waals surface area (Å²) in [5.41, 5.74) is 1.56. The van der Waals surface area contributed by atoms with Crippen molar-refractivity contribution in [3.8, 4) is 0 Å². The van der Waals surface area contributed by atoms with E-state index in [1.807, 2.05) is 44.2 Å². The standard InChI is InChI=1S/C17H23N3O2/c1-13(2)16(12-21)20(11-14-7-5-4-6-8-14)17(22)15-9-10-18-19(15)3/h4-10,13,16,21H,11-12H2,1-3H3/t16-/m1/s1. The Bertz CT molecular complexity index is 607. The van der Waals surface area contributed by atoms with Gasteiger partial charge in [0.1, 0.15) is 5.69 Å². The first-order valence-corrected chi connectivity index (χ1v) is 7.48. The zero-order valence-electron chi connectivity index (χ0n) is 13.3. The van der Waals surface area contributed by atoms with Crippen LogP contribution >= 0.6 is 0 Å². The number of hydrogen-bond donors (Lipinski definition) is 1. The van der Waals surface area contributed by atoms with Crippen LogP contribution in [0.4, 0.5) is 0 Å². The molecule has 1 amide bonds. The molecule has 5 heteroatoms.